The zero-order valence-corrected chi connectivity index (χ0v) is 21.0. The van der Waals surface area contributed by atoms with Crippen molar-refractivity contribution >= 4 is 17.5 Å². The van der Waals surface area contributed by atoms with Crippen LogP contribution in [0.1, 0.15) is 45.1 Å². The van der Waals surface area contributed by atoms with Crippen molar-refractivity contribution in [3.63, 3.8) is 0 Å². The fourth-order valence-electron chi connectivity index (χ4n) is 7.98. The van der Waals surface area contributed by atoms with Gasteiger partial charge in [0.1, 0.15) is 18.8 Å². The third-order valence-electron chi connectivity index (χ3n) is 9.97. The Kier molecular flexibility index (Phi) is 6.09. The lowest BCUT2D eigenvalue weighted by Crippen LogP contribution is -2.69. The number of esters is 1. The lowest BCUT2D eigenvalue weighted by Gasteiger charge is -2.62. The van der Waals surface area contributed by atoms with Gasteiger partial charge in [-0.25, -0.2) is 4.39 Å². The maximum Gasteiger partial charge on any atom is 0.312 e. The van der Waals surface area contributed by atoms with Crippen molar-refractivity contribution in [2.75, 3.05) is 6.61 Å². The molecule has 0 amide bonds. The van der Waals surface area contributed by atoms with E-state index in [9.17, 15) is 29.7 Å². The van der Waals surface area contributed by atoms with Gasteiger partial charge in [0.05, 0.1) is 12.0 Å². The summed E-state index contributed by atoms with van der Waals surface area (Å²) in [6, 6.07) is 8.96. The largest absolute Gasteiger partial charge is 0.461 e. The van der Waals surface area contributed by atoms with E-state index in [4.69, 9.17) is 4.74 Å². The highest BCUT2D eigenvalue weighted by Crippen LogP contribution is 2.70. The first-order chi connectivity index (χ1) is 17.4. The van der Waals surface area contributed by atoms with Gasteiger partial charge in [0.2, 0.25) is 0 Å². The monoisotopic (exact) mass is 512 g/mol. The molecule has 3 fully saturated rings. The summed E-state index contributed by atoms with van der Waals surface area (Å²) in [5, 5.41) is 33.1. The molecular formula is C29H33FO7. The average Bonchev–Trinajstić information content (AvgIpc) is 3.12. The third-order valence-corrected chi connectivity index (χ3v) is 9.97. The Labute approximate surface area is 215 Å². The minimum Gasteiger partial charge on any atom is -0.461 e. The van der Waals surface area contributed by atoms with Crippen LogP contribution in [-0.4, -0.2) is 56.8 Å². The summed E-state index contributed by atoms with van der Waals surface area (Å²) in [5.74, 6) is -4.74. The maximum atomic E-state index is 17.3. The molecule has 1 aromatic carbocycles. The number of carbonyl (C=O) groups excluding carboxylic acids is 3. The van der Waals surface area contributed by atoms with Crippen LogP contribution < -0.4 is 0 Å². The fourth-order valence-corrected chi connectivity index (χ4v) is 7.98. The zero-order chi connectivity index (χ0) is 26.8. The summed E-state index contributed by atoms with van der Waals surface area (Å²) in [5.41, 5.74) is -5.79. The van der Waals surface area contributed by atoms with E-state index >= 15 is 4.39 Å². The number of halogens is 1. The van der Waals surface area contributed by atoms with Gasteiger partial charge in [-0.2, -0.15) is 0 Å². The van der Waals surface area contributed by atoms with Crippen LogP contribution in [0, 0.1) is 28.6 Å². The molecule has 1 aromatic rings. The van der Waals surface area contributed by atoms with Gasteiger partial charge in [0.15, 0.2) is 17.2 Å². The van der Waals surface area contributed by atoms with Gasteiger partial charge < -0.3 is 20.1 Å². The highest BCUT2D eigenvalue weighted by molar-refractivity contribution is 6.01. The van der Waals surface area contributed by atoms with Gasteiger partial charge in [-0.15, -0.1) is 0 Å². The van der Waals surface area contributed by atoms with Crippen LogP contribution in [0.5, 0.6) is 0 Å². The van der Waals surface area contributed by atoms with Crippen molar-refractivity contribution in [1.82, 2.24) is 0 Å². The van der Waals surface area contributed by atoms with Crippen LogP contribution in [0.25, 0.3) is 0 Å². The number of ether oxygens (including phenoxy) is 1. The molecule has 7 nitrogen and oxygen atoms in total. The first-order valence-electron chi connectivity index (χ1n) is 12.8. The molecule has 0 aromatic heterocycles. The number of rotatable bonds is 5. The summed E-state index contributed by atoms with van der Waals surface area (Å²) in [6.07, 6.45) is 3.08. The second-order valence-electron chi connectivity index (χ2n) is 11.5. The number of hydrogen-bond donors (Lipinski definition) is 3. The molecule has 4 aliphatic carbocycles. The van der Waals surface area contributed by atoms with Crippen molar-refractivity contribution in [2.24, 2.45) is 28.6 Å². The highest BCUT2D eigenvalue weighted by Gasteiger charge is 2.77. The van der Waals surface area contributed by atoms with E-state index in [2.05, 4.69) is 0 Å². The lowest BCUT2D eigenvalue weighted by molar-refractivity contribution is -0.221. The number of carbonyl (C=O) groups is 3. The minimum atomic E-state index is -2.34. The third kappa shape index (κ3) is 3.38. The van der Waals surface area contributed by atoms with Gasteiger partial charge in [-0.05, 0) is 56.2 Å². The van der Waals surface area contributed by atoms with E-state index in [0.717, 1.165) is 5.56 Å². The van der Waals surface area contributed by atoms with Gasteiger partial charge in [0, 0.05) is 16.7 Å². The molecular weight excluding hydrogens is 479 g/mol. The summed E-state index contributed by atoms with van der Waals surface area (Å²) in [7, 11) is 0. The predicted octanol–water partition coefficient (Wildman–Crippen LogP) is 2.62. The number of allylic oxidation sites excluding steroid dienone is 4. The summed E-state index contributed by atoms with van der Waals surface area (Å²) < 4.78 is 22.8. The summed E-state index contributed by atoms with van der Waals surface area (Å²) in [4.78, 5) is 38.5. The van der Waals surface area contributed by atoms with Crippen molar-refractivity contribution in [2.45, 2.75) is 63.5 Å². The summed E-state index contributed by atoms with van der Waals surface area (Å²) in [6.45, 7) is 2.21. The van der Waals surface area contributed by atoms with Crippen LogP contribution in [0.2, 0.25) is 0 Å². The Morgan fingerprint density at radius 3 is 2.54 bits per heavy atom. The fraction of sp³-hybridized carbons (Fsp3) is 0.552. The molecule has 3 saturated carbocycles. The maximum absolute atomic E-state index is 17.3. The van der Waals surface area contributed by atoms with E-state index in [-0.39, 0.29) is 31.7 Å². The Morgan fingerprint density at radius 2 is 1.86 bits per heavy atom. The van der Waals surface area contributed by atoms with Crippen LogP contribution in [0.15, 0.2) is 54.1 Å². The molecule has 0 heterocycles. The van der Waals surface area contributed by atoms with E-state index in [1.54, 1.807) is 38.1 Å². The Bertz CT molecular complexity index is 1190. The van der Waals surface area contributed by atoms with Crippen LogP contribution in [0.4, 0.5) is 4.39 Å². The number of ketones is 2. The molecule has 0 unspecified atom stereocenters. The van der Waals surface area contributed by atoms with Crippen molar-refractivity contribution in [3.05, 3.63) is 59.7 Å². The van der Waals surface area contributed by atoms with E-state index < -0.39 is 64.3 Å². The molecule has 4 aliphatic rings. The number of aliphatic hydroxyl groups excluding tert-OH is 2. The van der Waals surface area contributed by atoms with Gasteiger partial charge in [-0.3, -0.25) is 14.4 Å². The molecule has 8 atom stereocenters. The van der Waals surface area contributed by atoms with Crippen LogP contribution >= 0.6 is 0 Å². The Balaban J connectivity index is 1.54. The average molecular weight is 513 g/mol. The molecule has 198 valence electrons. The van der Waals surface area contributed by atoms with Gasteiger partial charge in [-0.1, -0.05) is 48.9 Å². The predicted molar refractivity (Wildman–Crippen MR) is 131 cm³/mol. The molecule has 3 N–H and O–H groups in total. The van der Waals surface area contributed by atoms with Gasteiger partial charge >= 0.3 is 5.97 Å². The van der Waals surface area contributed by atoms with Crippen molar-refractivity contribution < 1.29 is 38.8 Å². The molecule has 0 saturated heterocycles. The molecule has 0 bridgehead atoms. The van der Waals surface area contributed by atoms with E-state index in [1.165, 1.54) is 18.2 Å². The van der Waals surface area contributed by atoms with E-state index in [0.29, 0.717) is 12.0 Å². The SMILES string of the molecule is C[C@]12C=CC(=O)C=C1CC[C@H]1[C@@H]3C[C@@H](C(=O)OCc4ccccc4)[C@](O)(C(=O)CO)[C@@]3(C)C[C@H](O)[C@@]12F. The number of fused-ring (bicyclic) bond motifs is 5. The van der Waals surface area contributed by atoms with Crippen molar-refractivity contribution in [3.8, 4) is 0 Å². The van der Waals surface area contributed by atoms with Crippen LogP contribution in [-0.2, 0) is 25.7 Å². The number of benzene rings is 1. The first-order valence-corrected chi connectivity index (χ1v) is 12.8. The van der Waals surface area contributed by atoms with Gasteiger partial charge in [0.25, 0.3) is 0 Å². The second kappa shape index (κ2) is 8.68. The molecule has 0 spiro atoms. The molecule has 0 aliphatic heterocycles. The van der Waals surface area contributed by atoms with E-state index in [1.807, 2.05) is 6.07 Å². The summed E-state index contributed by atoms with van der Waals surface area (Å²) >= 11 is 0. The lowest BCUT2D eigenvalue weighted by atomic mass is 9.44. The smallest absolute Gasteiger partial charge is 0.312 e. The topological polar surface area (TPSA) is 121 Å². The molecule has 0 radical (unpaired) electrons. The highest BCUT2D eigenvalue weighted by atomic mass is 19.1. The number of hydrogen-bond acceptors (Lipinski definition) is 7. The van der Waals surface area contributed by atoms with Crippen molar-refractivity contribution in [1.29, 1.82) is 0 Å². The normalized spacial score (nSPS) is 42.3. The second-order valence-corrected chi connectivity index (χ2v) is 11.5. The standard InChI is InChI=1S/C29H33FO7/c1-26-11-10-19(32)12-18(26)8-9-20-21-13-22(25(35)37-16-17-6-4-3-5-7-17)29(36,24(34)15-31)27(21,2)14-23(33)28(20,26)30/h3-7,10-12,20-23,31,33,36H,8-9,13-16H2,1-2H3/t20-,21-,22-,23-,26-,27-,28-,29-/m0/s1. The molecule has 8 heteroatoms. The quantitative estimate of drug-likeness (QED) is 0.519. The Hall–Kier alpha value is -2.68. The van der Waals surface area contributed by atoms with Crippen LogP contribution in [0.3, 0.4) is 0 Å². The molecule has 37 heavy (non-hydrogen) atoms. The minimum absolute atomic E-state index is 0.0206. The number of alkyl halides is 1. The first kappa shape index (κ1) is 25.9. The number of Topliss-reactive ketones (excluding diaryl/α,β-unsaturated/α-hetero) is 1. The zero-order valence-electron chi connectivity index (χ0n) is 21.0. The Morgan fingerprint density at radius 1 is 1.16 bits per heavy atom. The number of aliphatic hydroxyl groups is 3. The molecule has 5 rings (SSSR count).